The minimum Gasteiger partial charge on any atom is -0.454 e. The molecular weight excluding hydrogens is 378 g/mol. The number of aryl methyl sites for hydroxylation is 1. The number of carbonyl (C=O) groups excluding carboxylic acids is 2. The van der Waals surface area contributed by atoms with Crippen LogP contribution in [0.3, 0.4) is 0 Å². The Morgan fingerprint density at radius 2 is 2.00 bits per heavy atom. The zero-order chi connectivity index (χ0) is 19.5. The van der Waals surface area contributed by atoms with Gasteiger partial charge in [0.15, 0.2) is 12.4 Å². The number of hydrogen-bond acceptors (Lipinski definition) is 7. The molecular formula is C19H19N5O3S. The van der Waals surface area contributed by atoms with Gasteiger partial charge in [-0.15, -0.1) is 16.4 Å². The third kappa shape index (κ3) is 3.65. The molecule has 0 atom stereocenters. The Morgan fingerprint density at radius 1 is 1.21 bits per heavy atom. The summed E-state index contributed by atoms with van der Waals surface area (Å²) in [6.45, 7) is 1.37. The van der Waals surface area contributed by atoms with E-state index < -0.39 is 5.97 Å². The summed E-state index contributed by atoms with van der Waals surface area (Å²) in [5.41, 5.74) is 2.24. The highest BCUT2D eigenvalue weighted by atomic mass is 32.1. The molecule has 1 aliphatic carbocycles. The van der Waals surface area contributed by atoms with Gasteiger partial charge in [0.05, 0.1) is 11.3 Å². The second-order valence-electron chi connectivity index (χ2n) is 6.51. The van der Waals surface area contributed by atoms with Gasteiger partial charge >= 0.3 is 5.97 Å². The Balaban J connectivity index is 1.56. The number of anilines is 1. The SMILES string of the molecule is CC(=O)Nc1sc2c(c1C(=O)OCc1nnnn1-c1ccccc1)CCCC2. The normalized spacial score (nSPS) is 13.0. The number of benzene rings is 1. The van der Waals surface area contributed by atoms with Gasteiger partial charge in [0.2, 0.25) is 5.91 Å². The van der Waals surface area contributed by atoms with Gasteiger partial charge in [-0.1, -0.05) is 18.2 Å². The molecule has 1 amide bonds. The van der Waals surface area contributed by atoms with E-state index in [1.807, 2.05) is 30.3 Å². The Kier molecular flexibility index (Phi) is 5.16. The number of para-hydroxylation sites is 1. The first kappa shape index (κ1) is 18.3. The van der Waals surface area contributed by atoms with Crippen molar-refractivity contribution in [2.75, 3.05) is 5.32 Å². The zero-order valence-electron chi connectivity index (χ0n) is 15.3. The first-order valence-corrected chi connectivity index (χ1v) is 9.87. The highest BCUT2D eigenvalue weighted by molar-refractivity contribution is 7.17. The Hall–Kier alpha value is -3.07. The van der Waals surface area contributed by atoms with Crippen LogP contribution in [0.5, 0.6) is 0 Å². The second kappa shape index (κ2) is 7.89. The Bertz CT molecular complexity index is 1010. The van der Waals surface area contributed by atoms with Crippen LogP contribution in [0.2, 0.25) is 0 Å². The summed E-state index contributed by atoms with van der Waals surface area (Å²) in [7, 11) is 0. The summed E-state index contributed by atoms with van der Waals surface area (Å²) >= 11 is 1.46. The van der Waals surface area contributed by atoms with Crippen LogP contribution in [0, 0.1) is 0 Å². The summed E-state index contributed by atoms with van der Waals surface area (Å²) in [6, 6.07) is 9.39. The van der Waals surface area contributed by atoms with E-state index in [4.69, 9.17) is 4.74 Å². The van der Waals surface area contributed by atoms with Gasteiger partial charge in [0.1, 0.15) is 5.00 Å². The number of thiophene rings is 1. The van der Waals surface area contributed by atoms with E-state index >= 15 is 0 Å². The van der Waals surface area contributed by atoms with Gasteiger partial charge in [-0.25, -0.2) is 4.79 Å². The number of ether oxygens (including phenoxy) is 1. The van der Waals surface area contributed by atoms with E-state index in [1.54, 1.807) is 0 Å². The molecule has 2 heterocycles. The van der Waals surface area contributed by atoms with Crippen molar-refractivity contribution in [3.05, 3.63) is 52.2 Å². The van der Waals surface area contributed by atoms with E-state index in [0.717, 1.165) is 41.8 Å². The van der Waals surface area contributed by atoms with Crippen molar-refractivity contribution in [1.29, 1.82) is 0 Å². The van der Waals surface area contributed by atoms with Crippen LogP contribution < -0.4 is 5.32 Å². The average molecular weight is 397 g/mol. The van der Waals surface area contributed by atoms with Gasteiger partial charge in [-0.3, -0.25) is 4.79 Å². The minimum absolute atomic E-state index is 0.0646. The molecule has 0 aliphatic heterocycles. The lowest BCUT2D eigenvalue weighted by atomic mass is 9.95. The molecule has 1 aromatic carbocycles. The summed E-state index contributed by atoms with van der Waals surface area (Å²) in [5.74, 6) is -0.254. The number of hydrogen-bond donors (Lipinski definition) is 1. The van der Waals surface area contributed by atoms with Crippen molar-refractivity contribution >= 4 is 28.2 Å². The van der Waals surface area contributed by atoms with E-state index in [-0.39, 0.29) is 12.5 Å². The molecule has 0 unspecified atom stereocenters. The highest BCUT2D eigenvalue weighted by Gasteiger charge is 2.27. The molecule has 3 aromatic rings. The minimum atomic E-state index is -0.467. The molecule has 9 heteroatoms. The second-order valence-corrected chi connectivity index (χ2v) is 7.62. The third-order valence-corrected chi connectivity index (χ3v) is 5.74. The maximum Gasteiger partial charge on any atom is 0.341 e. The van der Waals surface area contributed by atoms with Crippen LogP contribution in [0.25, 0.3) is 5.69 Å². The van der Waals surface area contributed by atoms with Crippen LogP contribution in [-0.2, 0) is 29.0 Å². The quantitative estimate of drug-likeness (QED) is 0.665. The predicted molar refractivity (Wildman–Crippen MR) is 104 cm³/mol. The predicted octanol–water partition coefficient (Wildman–Crippen LogP) is 2.92. The van der Waals surface area contributed by atoms with E-state index in [1.165, 1.54) is 22.9 Å². The van der Waals surface area contributed by atoms with Gasteiger partial charge in [-0.05, 0) is 53.8 Å². The molecule has 1 aliphatic rings. The number of rotatable bonds is 5. The van der Waals surface area contributed by atoms with Crippen LogP contribution in [0.1, 0.15) is 46.4 Å². The van der Waals surface area contributed by atoms with Crippen LogP contribution in [-0.4, -0.2) is 32.1 Å². The monoisotopic (exact) mass is 397 g/mol. The van der Waals surface area contributed by atoms with Gasteiger partial charge in [0, 0.05) is 11.8 Å². The molecule has 1 N–H and O–H groups in total. The van der Waals surface area contributed by atoms with Crippen molar-refractivity contribution < 1.29 is 14.3 Å². The van der Waals surface area contributed by atoms with Crippen molar-refractivity contribution in [3.63, 3.8) is 0 Å². The largest absolute Gasteiger partial charge is 0.454 e. The standard InChI is InChI=1S/C19H19N5O3S/c1-12(25)20-18-17(14-9-5-6-10-15(14)28-18)19(26)27-11-16-21-22-23-24(16)13-7-3-2-4-8-13/h2-4,7-8H,5-6,9-11H2,1H3,(H,20,25). The summed E-state index contributed by atoms with van der Waals surface area (Å²) in [4.78, 5) is 25.6. The van der Waals surface area contributed by atoms with Crippen LogP contribution >= 0.6 is 11.3 Å². The van der Waals surface area contributed by atoms with E-state index in [0.29, 0.717) is 16.4 Å². The molecule has 28 heavy (non-hydrogen) atoms. The molecule has 4 rings (SSSR count). The number of aromatic nitrogens is 4. The number of esters is 1. The molecule has 0 fully saturated rings. The lowest BCUT2D eigenvalue weighted by molar-refractivity contribution is -0.114. The zero-order valence-corrected chi connectivity index (χ0v) is 16.2. The molecule has 0 saturated heterocycles. The number of nitrogens with one attached hydrogen (secondary N) is 1. The fraction of sp³-hybridized carbons (Fsp3) is 0.316. The van der Waals surface area contributed by atoms with E-state index in [2.05, 4.69) is 20.8 Å². The van der Waals surface area contributed by atoms with Crippen molar-refractivity contribution in [1.82, 2.24) is 20.2 Å². The van der Waals surface area contributed by atoms with Crippen molar-refractivity contribution in [2.45, 2.75) is 39.2 Å². The number of fused-ring (bicyclic) bond motifs is 1. The Labute approximate surface area is 165 Å². The molecule has 8 nitrogen and oxygen atoms in total. The number of nitrogens with zero attached hydrogens (tertiary/aromatic N) is 4. The summed E-state index contributed by atoms with van der Waals surface area (Å²) in [5, 5.41) is 14.9. The highest BCUT2D eigenvalue weighted by Crippen LogP contribution is 2.38. The third-order valence-electron chi connectivity index (χ3n) is 4.53. The maximum atomic E-state index is 12.9. The number of tetrazole rings is 1. The lowest BCUT2D eigenvalue weighted by Gasteiger charge is -2.12. The Morgan fingerprint density at radius 3 is 2.79 bits per heavy atom. The molecule has 144 valence electrons. The molecule has 2 aromatic heterocycles. The van der Waals surface area contributed by atoms with Gasteiger partial charge in [0.25, 0.3) is 0 Å². The first-order valence-electron chi connectivity index (χ1n) is 9.05. The molecule has 0 bridgehead atoms. The average Bonchev–Trinajstić information content (AvgIpc) is 3.30. The van der Waals surface area contributed by atoms with Crippen molar-refractivity contribution in [3.8, 4) is 5.69 Å². The molecule has 0 saturated carbocycles. The van der Waals surface area contributed by atoms with Crippen LogP contribution in [0.15, 0.2) is 30.3 Å². The maximum absolute atomic E-state index is 12.9. The van der Waals surface area contributed by atoms with Crippen LogP contribution in [0.4, 0.5) is 5.00 Å². The fourth-order valence-corrected chi connectivity index (χ4v) is 4.62. The smallest absolute Gasteiger partial charge is 0.341 e. The molecule has 0 spiro atoms. The van der Waals surface area contributed by atoms with Crippen molar-refractivity contribution in [2.24, 2.45) is 0 Å². The van der Waals surface area contributed by atoms with E-state index in [9.17, 15) is 9.59 Å². The van der Waals surface area contributed by atoms with Gasteiger partial charge in [-0.2, -0.15) is 4.68 Å². The summed E-state index contributed by atoms with van der Waals surface area (Å²) in [6.07, 6.45) is 3.85. The fourth-order valence-electron chi connectivity index (χ4n) is 3.30. The number of amides is 1. The topological polar surface area (TPSA) is 99.0 Å². The number of carbonyl (C=O) groups is 2. The van der Waals surface area contributed by atoms with Gasteiger partial charge < -0.3 is 10.1 Å². The summed E-state index contributed by atoms with van der Waals surface area (Å²) < 4.78 is 7.07. The lowest BCUT2D eigenvalue weighted by Crippen LogP contribution is -2.15. The first-order chi connectivity index (χ1) is 13.6. The molecule has 0 radical (unpaired) electrons.